The van der Waals surface area contributed by atoms with Crippen LogP contribution in [0.15, 0.2) is 24.5 Å². The average molecular weight is 297 g/mol. The van der Waals surface area contributed by atoms with Crippen LogP contribution in [0.5, 0.6) is 17.4 Å². The summed E-state index contributed by atoms with van der Waals surface area (Å²) in [5.41, 5.74) is 5.26. The first-order valence-corrected chi connectivity index (χ1v) is 5.67. The molecule has 2 aromatic rings. The van der Waals surface area contributed by atoms with Crippen molar-refractivity contribution in [1.82, 2.24) is 9.97 Å². The van der Waals surface area contributed by atoms with Gasteiger partial charge < -0.3 is 15.2 Å². The maximum absolute atomic E-state index is 11.0. The Bertz CT molecular complexity index is 665. The number of aromatic nitrogens is 2. The molecule has 0 spiro atoms. The van der Waals surface area contributed by atoms with E-state index in [1.165, 1.54) is 25.3 Å². The van der Waals surface area contributed by atoms with E-state index in [0.29, 0.717) is 5.75 Å². The topological polar surface area (TPSA) is 113 Å². The molecule has 0 aliphatic carbocycles. The fraction of sp³-hybridized carbons (Fsp3) is 0.0909. The number of rotatable bonds is 4. The van der Waals surface area contributed by atoms with Gasteiger partial charge in [-0.15, -0.1) is 0 Å². The standard InChI is InChI=1S/C11H9ClN4O4/c1-19-6-2-3-7(16(17)18)8(4-6)20-11-9(12)10(13)14-5-15-11/h2-5H,1H3,(H2,13,14,15). The number of nitrogens with zero attached hydrogens (tertiary/aromatic N) is 3. The summed E-state index contributed by atoms with van der Waals surface area (Å²) >= 11 is 5.87. The lowest BCUT2D eigenvalue weighted by molar-refractivity contribution is -0.385. The zero-order chi connectivity index (χ0) is 14.7. The molecule has 0 saturated carbocycles. The molecule has 1 aromatic heterocycles. The Morgan fingerprint density at radius 2 is 2.15 bits per heavy atom. The van der Waals surface area contributed by atoms with Crippen molar-refractivity contribution in [2.75, 3.05) is 12.8 Å². The highest BCUT2D eigenvalue weighted by Crippen LogP contribution is 2.37. The number of halogens is 1. The van der Waals surface area contributed by atoms with Gasteiger partial charge in [0.25, 0.3) is 0 Å². The summed E-state index contributed by atoms with van der Waals surface area (Å²) < 4.78 is 10.3. The van der Waals surface area contributed by atoms with E-state index in [-0.39, 0.29) is 28.2 Å². The second-order valence-corrected chi connectivity index (χ2v) is 3.95. The Hall–Kier alpha value is -2.61. The number of benzene rings is 1. The lowest BCUT2D eigenvalue weighted by Crippen LogP contribution is -1.99. The minimum atomic E-state index is -0.590. The van der Waals surface area contributed by atoms with Gasteiger partial charge in [0, 0.05) is 12.1 Å². The van der Waals surface area contributed by atoms with Crippen LogP contribution in [0.2, 0.25) is 5.02 Å². The molecule has 8 nitrogen and oxygen atoms in total. The predicted octanol–water partition coefficient (Wildman–Crippen LogP) is 2.42. The Balaban J connectivity index is 2.46. The van der Waals surface area contributed by atoms with Gasteiger partial charge in [0.05, 0.1) is 12.0 Å². The van der Waals surface area contributed by atoms with Crippen LogP contribution in [0.3, 0.4) is 0 Å². The van der Waals surface area contributed by atoms with Gasteiger partial charge in [-0.2, -0.15) is 4.98 Å². The molecule has 9 heteroatoms. The molecule has 104 valence electrons. The summed E-state index contributed by atoms with van der Waals surface area (Å²) in [4.78, 5) is 17.8. The molecule has 0 atom stereocenters. The molecule has 0 amide bonds. The van der Waals surface area contributed by atoms with Gasteiger partial charge in [0.15, 0.2) is 0 Å². The van der Waals surface area contributed by atoms with Crippen molar-refractivity contribution in [1.29, 1.82) is 0 Å². The monoisotopic (exact) mass is 296 g/mol. The lowest BCUT2D eigenvalue weighted by Gasteiger charge is -2.08. The SMILES string of the molecule is COc1ccc([N+](=O)[O-])c(Oc2ncnc(N)c2Cl)c1. The number of anilines is 1. The van der Waals surface area contributed by atoms with Crippen LogP contribution in [-0.4, -0.2) is 22.0 Å². The third-order valence-electron chi connectivity index (χ3n) is 2.35. The van der Waals surface area contributed by atoms with Gasteiger partial charge in [-0.25, -0.2) is 4.98 Å². The van der Waals surface area contributed by atoms with E-state index >= 15 is 0 Å². The first kappa shape index (κ1) is 13.8. The first-order chi connectivity index (χ1) is 9.52. The van der Waals surface area contributed by atoms with Crippen LogP contribution in [0, 0.1) is 10.1 Å². The molecule has 0 fully saturated rings. The Kier molecular flexibility index (Phi) is 3.85. The van der Waals surface area contributed by atoms with Crippen LogP contribution in [0.4, 0.5) is 11.5 Å². The molecule has 1 heterocycles. The Labute approximate surface area is 118 Å². The van der Waals surface area contributed by atoms with E-state index in [2.05, 4.69) is 9.97 Å². The molecule has 0 radical (unpaired) electrons. The highest BCUT2D eigenvalue weighted by atomic mass is 35.5. The quantitative estimate of drug-likeness (QED) is 0.680. The fourth-order valence-corrected chi connectivity index (χ4v) is 1.53. The van der Waals surface area contributed by atoms with Gasteiger partial charge in [0.2, 0.25) is 11.6 Å². The summed E-state index contributed by atoms with van der Waals surface area (Å²) in [6.45, 7) is 0. The van der Waals surface area contributed by atoms with Crippen molar-refractivity contribution >= 4 is 23.1 Å². The third-order valence-corrected chi connectivity index (χ3v) is 2.71. The molecule has 2 N–H and O–H groups in total. The minimum Gasteiger partial charge on any atom is -0.497 e. The van der Waals surface area contributed by atoms with Crippen LogP contribution in [0.1, 0.15) is 0 Å². The number of ether oxygens (including phenoxy) is 2. The van der Waals surface area contributed by atoms with Crippen molar-refractivity contribution in [3.8, 4) is 17.4 Å². The van der Waals surface area contributed by atoms with E-state index in [1.54, 1.807) is 0 Å². The van der Waals surface area contributed by atoms with Gasteiger partial charge in [-0.3, -0.25) is 10.1 Å². The number of nitro groups is 1. The van der Waals surface area contributed by atoms with Crippen molar-refractivity contribution in [3.05, 3.63) is 39.7 Å². The molecule has 0 aliphatic rings. The van der Waals surface area contributed by atoms with Crippen LogP contribution in [-0.2, 0) is 0 Å². The van der Waals surface area contributed by atoms with Crippen molar-refractivity contribution in [3.63, 3.8) is 0 Å². The van der Waals surface area contributed by atoms with Gasteiger partial charge >= 0.3 is 5.69 Å². The smallest absolute Gasteiger partial charge is 0.311 e. The van der Waals surface area contributed by atoms with E-state index in [9.17, 15) is 10.1 Å². The van der Waals surface area contributed by atoms with Crippen LogP contribution < -0.4 is 15.2 Å². The summed E-state index contributed by atoms with van der Waals surface area (Å²) in [5, 5.41) is 10.9. The number of nitrogen functional groups attached to an aromatic ring is 1. The fourth-order valence-electron chi connectivity index (χ4n) is 1.40. The molecule has 0 aliphatic heterocycles. The molecule has 1 aromatic carbocycles. The number of methoxy groups -OCH3 is 1. The van der Waals surface area contributed by atoms with E-state index < -0.39 is 4.92 Å². The Morgan fingerprint density at radius 1 is 1.40 bits per heavy atom. The van der Waals surface area contributed by atoms with Gasteiger partial charge in [-0.1, -0.05) is 11.6 Å². The van der Waals surface area contributed by atoms with Crippen molar-refractivity contribution in [2.45, 2.75) is 0 Å². The second kappa shape index (κ2) is 5.57. The highest BCUT2D eigenvalue weighted by molar-refractivity contribution is 6.34. The van der Waals surface area contributed by atoms with Crippen LogP contribution >= 0.6 is 11.6 Å². The molecule has 0 saturated heterocycles. The summed E-state index contributed by atoms with van der Waals surface area (Å²) in [6, 6.07) is 4.06. The summed E-state index contributed by atoms with van der Waals surface area (Å²) in [6.07, 6.45) is 1.14. The minimum absolute atomic E-state index is 0.0159. The molecule has 20 heavy (non-hydrogen) atoms. The number of nitrogens with two attached hydrogens (primary N) is 1. The Morgan fingerprint density at radius 3 is 2.80 bits per heavy atom. The average Bonchev–Trinajstić information content (AvgIpc) is 2.43. The lowest BCUT2D eigenvalue weighted by atomic mass is 10.3. The van der Waals surface area contributed by atoms with Crippen LogP contribution in [0.25, 0.3) is 0 Å². The molecule has 0 bridgehead atoms. The molecule has 2 rings (SSSR count). The third kappa shape index (κ3) is 2.69. The number of hydrogen-bond acceptors (Lipinski definition) is 7. The number of hydrogen-bond donors (Lipinski definition) is 1. The zero-order valence-electron chi connectivity index (χ0n) is 10.2. The van der Waals surface area contributed by atoms with E-state index in [4.69, 9.17) is 26.8 Å². The van der Waals surface area contributed by atoms with E-state index in [1.807, 2.05) is 0 Å². The van der Waals surface area contributed by atoms with Gasteiger partial charge in [-0.05, 0) is 6.07 Å². The number of nitro benzene ring substituents is 1. The zero-order valence-corrected chi connectivity index (χ0v) is 11.0. The predicted molar refractivity (Wildman–Crippen MR) is 71.2 cm³/mol. The molecular weight excluding hydrogens is 288 g/mol. The summed E-state index contributed by atoms with van der Waals surface area (Å²) in [7, 11) is 1.43. The van der Waals surface area contributed by atoms with Crippen molar-refractivity contribution in [2.24, 2.45) is 0 Å². The molecule has 0 unspecified atom stereocenters. The first-order valence-electron chi connectivity index (χ1n) is 5.29. The normalized spacial score (nSPS) is 10.1. The largest absolute Gasteiger partial charge is 0.497 e. The highest BCUT2D eigenvalue weighted by Gasteiger charge is 2.19. The van der Waals surface area contributed by atoms with Crippen molar-refractivity contribution < 1.29 is 14.4 Å². The maximum atomic E-state index is 11.0. The molecular formula is C11H9ClN4O4. The second-order valence-electron chi connectivity index (χ2n) is 3.57. The van der Waals surface area contributed by atoms with E-state index in [0.717, 1.165) is 6.33 Å². The summed E-state index contributed by atoms with van der Waals surface area (Å²) in [5.74, 6) is 0.274. The maximum Gasteiger partial charge on any atom is 0.311 e. The van der Waals surface area contributed by atoms with Gasteiger partial charge in [0.1, 0.15) is 22.9 Å².